The highest BCUT2D eigenvalue weighted by molar-refractivity contribution is 5.39. The van der Waals surface area contributed by atoms with E-state index in [4.69, 9.17) is 0 Å². The van der Waals surface area contributed by atoms with Crippen molar-refractivity contribution in [1.29, 1.82) is 0 Å². The van der Waals surface area contributed by atoms with Crippen LogP contribution in [0.15, 0.2) is 30.3 Å². The van der Waals surface area contributed by atoms with Crippen molar-refractivity contribution in [3.63, 3.8) is 0 Å². The van der Waals surface area contributed by atoms with Gasteiger partial charge in [-0.25, -0.2) is 0 Å². The molecule has 0 atom stereocenters. The summed E-state index contributed by atoms with van der Waals surface area (Å²) in [5, 5.41) is 2.80. The Hall–Kier alpha value is -2.79. The lowest BCUT2D eigenvalue weighted by Gasteiger charge is -2.27. The number of nitrogens with one attached hydrogen (secondary N) is 1. The van der Waals surface area contributed by atoms with Crippen molar-refractivity contribution in [3.8, 4) is 6.01 Å². The molecule has 1 aliphatic heterocycles. The highest BCUT2D eigenvalue weighted by atomic mass is 19.4. The summed E-state index contributed by atoms with van der Waals surface area (Å²) >= 11 is 0. The first-order valence-corrected chi connectivity index (χ1v) is 9.22. The Morgan fingerprint density at radius 1 is 0.900 bits per heavy atom. The fourth-order valence-electron chi connectivity index (χ4n) is 2.91. The topological polar surface area (TPSA) is 63.2 Å². The number of alkyl halides is 6. The number of nitrogens with zero attached hydrogens (tertiary/aromatic N) is 4. The number of hydrogen-bond donors (Lipinski definition) is 1. The number of anilines is 2. The zero-order chi connectivity index (χ0) is 21.8. The van der Waals surface area contributed by atoms with Crippen LogP contribution in [0.3, 0.4) is 0 Å². The molecule has 1 aliphatic rings. The standard InChI is InChI=1S/C18H19F6N5O/c19-17(20,21)13(18(22,23)24)30-16-27-14(25-11-12-7-3-1-4-8-12)26-15(28-16)29-9-5-2-6-10-29/h1,3-4,7-8,13H,2,5-6,9-11H2,(H,25,26,27,28). The molecule has 0 saturated carbocycles. The Labute approximate surface area is 168 Å². The van der Waals surface area contributed by atoms with Crippen LogP contribution >= 0.6 is 0 Å². The molecule has 30 heavy (non-hydrogen) atoms. The summed E-state index contributed by atoms with van der Waals surface area (Å²) < 4.78 is 81.5. The first kappa shape index (κ1) is 21.9. The van der Waals surface area contributed by atoms with Crippen LogP contribution in [0.25, 0.3) is 0 Å². The number of ether oxygens (including phenoxy) is 1. The number of hydrogen-bond acceptors (Lipinski definition) is 6. The van der Waals surface area contributed by atoms with Gasteiger partial charge in [0.05, 0.1) is 0 Å². The predicted molar refractivity (Wildman–Crippen MR) is 96.2 cm³/mol. The molecule has 0 unspecified atom stereocenters. The fourth-order valence-corrected chi connectivity index (χ4v) is 2.91. The van der Waals surface area contributed by atoms with E-state index < -0.39 is 24.5 Å². The molecule has 0 spiro atoms. The highest BCUT2D eigenvalue weighted by Crippen LogP contribution is 2.36. The Kier molecular flexibility index (Phi) is 6.52. The second-order valence-electron chi connectivity index (χ2n) is 6.71. The zero-order valence-corrected chi connectivity index (χ0v) is 15.7. The van der Waals surface area contributed by atoms with Crippen molar-refractivity contribution in [2.45, 2.75) is 44.3 Å². The summed E-state index contributed by atoms with van der Waals surface area (Å²) in [6.45, 7) is 1.28. The highest BCUT2D eigenvalue weighted by Gasteiger charge is 2.59. The van der Waals surface area contributed by atoms with Crippen molar-refractivity contribution in [2.75, 3.05) is 23.3 Å². The second-order valence-corrected chi connectivity index (χ2v) is 6.71. The SMILES string of the molecule is FC(F)(F)C(Oc1nc(NCc2ccccc2)nc(N2CCCCC2)n1)C(F)(F)F. The molecule has 1 fully saturated rings. The van der Waals surface area contributed by atoms with Gasteiger partial charge in [-0.15, -0.1) is 0 Å². The third-order valence-electron chi connectivity index (χ3n) is 4.35. The maximum atomic E-state index is 12.9. The van der Waals surface area contributed by atoms with Crippen LogP contribution in [0.4, 0.5) is 38.2 Å². The van der Waals surface area contributed by atoms with Crippen molar-refractivity contribution in [2.24, 2.45) is 0 Å². The molecule has 2 aromatic rings. The summed E-state index contributed by atoms with van der Waals surface area (Å²) in [7, 11) is 0. The molecule has 1 aromatic carbocycles. The average Bonchev–Trinajstić information content (AvgIpc) is 2.70. The second kappa shape index (κ2) is 8.92. The predicted octanol–water partition coefficient (Wildman–Crippen LogP) is 4.35. The number of halogens is 6. The summed E-state index contributed by atoms with van der Waals surface area (Å²) in [5.41, 5.74) is 0.823. The third-order valence-corrected chi connectivity index (χ3v) is 4.35. The normalized spacial score (nSPS) is 15.4. The lowest BCUT2D eigenvalue weighted by Crippen LogP contribution is -2.47. The summed E-state index contributed by atoms with van der Waals surface area (Å²) in [4.78, 5) is 13.2. The quantitative estimate of drug-likeness (QED) is 0.681. The van der Waals surface area contributed by atoms with Crippen LogP contribution in [0.2, 0.25) is 0 Å². The molecule has 1 N–H and O–H groups in total. The smallest absolute Gasteiger partial charge is 0.434 e. The molecule has 0 bridgehead atoms. The van der Waals surface area contributed by atoms with E-state index in [2.05, 4.69) is 25.0 Å². The first-order chi connectivity index (χ1) is 14.1. The van der Waals surface area contributed by atoms with Crippen molar-refractivity contribution < 1.29 is 31.1 Å². The van der Waals surface area contributed by atoms with Crippen LogP contribution in [0.5, 0.6) is 6.01 Å². The van der Waals surface area contributed by atoms with E-state index in [1.807, 2.05) is 0 Å². The Morgan fingerprint density at radius 2 is 1.53 bits per heavy atom. The molecule has 1 aromatic heterocycles. The van der Waals surface area contributed by atoms with Crippen molar-refractivity contribution >= 4 is 11.9 Å². The first-order valence-electron chi connectivity index (χ1n) is 9.22. The summed E-state index contributed by atoms with van der Waals surface area (Å²) in [6.07, 6.45) is -12.8. The van der Waals surface area contributed by atoms with Crippen LogP contribution < -0.4 is 15.0 Å². The van der Waals surface area contributed by atoms with Gasteiger partial charge >= 0.3 is 18.4 Å². The molecule has 2 heterocycles. The molecule has 1 saturated heterocycles. The van der Waals surface area contributed by atoms with Gasteiger partial charge in [0.2, 0.25) is 11.9 Å². The number of benzene rings is 1. The minimum atomic E-state index is -5.67. The van der Waals surface area contributed by atoms with Gasteiger partial charge in [-0.3, -0.25) is 0 Å². The molecule has 6 nitrogen and oxygen atoms in total. The molecule has 0 amide bonds. The number of rotatable bonds is 6. The van der Waals surface area contributed by atoms with Crippen molar-refractivity contribution in [1.82, 2.24) is 15.0 Å². The lowest BCUT2D eigenvalue weighted by atomic mass is 10.1. The van der Waals surface area contributed by atoms with Gasteiger partial charge in [-0.05, 0) is 24.8 Å². The van der Waals surface area contributed by atoms with Gasteiger partial charge < -0.3 is 15.0 Å². The van der Waals surface area contributed by atoms with E-state index in [0.29, 0.717) is 13.1 Å². The fraction of sp³-hybridized carbons (Fsp3) is 0.500. The van der Waals surface area contributed by atoms with Gasteiger partial charge in [0, 0.05) is 19.6 Å². The summed E-state index contributed by atoms with van der Waals surface area (Å²) in [5.74, 6) is -0.203. The molecule has 12 heteroatoms. The molecular weight excluding hydrogens is 416 g/mol. The van der Waals surface area contributed by atoms with Gasteiger partial charge in [-0.2, -0.15) is 41.3 Å². The van der Waals surface area contributed by atoms with E-state index >= 15 is 0 Å². The minimum Gasteiger partial charge on any atom is -0.440 e. The van der Waals surface area contributed by atoms with Gasteiger partial charge in [-0.1, -0.05) is 30.3 Å². The third kappa shape index (κ3) is 5.86. The van der Waals surface area contributed by atoms with Gasteiger partial charge in [0.1, 0.15) is 0 Å². The van der Waals surface area contributed by atoms with Gasteiger partial charge in [0.15, 0.2) is 0 Å². The maximum Gasteiger partial charge on any atom is 0.434 e. The van der Waals surface area contributed by atoms with E-state index in [9.17, 15) is 26.3 Å². The average molecular weight is 435 g/mol. The van der Waals surface area contributed by atoms with Gasteiger partial charge in [0.25, 0.3) is 6.10 Å². The largest absolute Gasteiger partial charge is 0.440 e. The van der Waals surface area contributed by atoms with E-state index in [0.717, 1.165) is 24.8 Å². The molecule has 3 rings (SSSR count). The maximum absolute atomic E-state index is 12.9. The molecular formula is C18H19F6N5O. The van der Waals surface area contributed by atoms with E-state index in [1.54, 1.807) is 35.2 Å². The lowest BCUT2D eigenvalue weighted by molar-refractivity contribution is -0.301. The molecule has 164 valence electrons. The Morgan fingerprint density at radius 3 is 2.13 bits per heavy atom. The summed E-state index contributed by atoms with van der Waals surface area (Å²) in [6, 6.07) is 7.92. The minimum absolute atomic E-state index is 0.0293. The van der Waals surface area contributed by atoms with Crippen molar-refractivity contribution in [3.05, 3.63) is 35.9 Å². The number of aromatic nitrogens is 3. The van der Waals surface area contributed by atoms with Crippen LogP contribution in [-0.2, 0) is 6.54 Å². The van der Waals surface area contributed by atoms with Crippen LogP contribution in [0, 0.1) is 0 Å². The Bertz CT molecular complexity index is 810. The van der Waals surface area contributed by atoms with Crippen LogP contribution in [0.1, 0.15) is 24.8 Å². The molecule has 0 radical (unpaired) electrons. The van der Waals surface area contributed by atoms with Crippen LogP contribution in [-0.4, -0.2) is 46.5 Å². The molecule has 0 aliphatic carbocycles. The van der Waals surface area contributed by atoms with E-state index in [-0.39, 0.29) is 18.4 Å². The van der Waals surface area contributed by atoms with E-state index in [1.165, 1.54) is 0 Å². The monoisotopic (exact) mass is 435 g/mol. The zero-order valence-electron chi connectivity index (χ0n) is 15.7. The Balaban J connectivity index is 1.88. The number of piperidine rings is 1.